The normalized spacial score (nSPS) is 13.9. The molecule has 0 spiro atoms. The fourth-order valence-corrected chi connectivity index (χ4v) is 2.70. The lowest BCUT2D eigenvalue weighted by Crippen LogP contribution is -2.24. The van der Waals surface area contributed by atoms with Gasteiger partial charge in [-0.25, -0.2) is 9.37 Å². The third-order valence-corrected chi connectivity index (χ3v) is 3.96. The van der Waals surface area contributed by atoms with Crippen molar-refractivity contribution in [1.82, 2.24) is 14.3 Å². The van der Waals surface area contributed by atoms with Gasteiger partial charge in [-0.1, -0.05) is 0 Å². The van der Waals surface area contributed by atoms with Crippen molar-refractivity contribution in [2.45, 2.75) is 12.5 Å². The molecule has 4 nitrogen and oxygen atoms in total. The molecule has 2 heterocycles. The van der Waals surface area contributed by atoms with E-state index in [0.717, 1.165) is 5.56 Å². The Labute approximate surface area is 125 Å². The average Bonchev–Trinajstić information content (AvgIpc) is 2.99. The minimum atomic E-state index is -1.29. The van der Waals surface area contributed by atoms with Crippen LogP contribution >= 0.6 is 11.5 Å². The second-order valence-electron chi connectivity index (χ2n) is 4.74. The van der Waals surface area contributed by atoms with Crippen LogP contribution < -0.4 is 0 Å². The minimum absolute atomic E-state index is 0.299. The average molecular weight is 301 g/mol. The van der Waals surface area contributed by atoms with Crippen LogP contribution in [0.5, 0.6) is 0 Å². The summed E-state index contributed by atoms with van der Waals surface area (Å²) >= 11 is 1.17. The SMILES string of the molecule is CC(O)(c1ccncc1)c1nsc(-c2ccc(F)cc2)n1. The van der Waals surface area contributed by atoms with Gasteiger partial charge in [-0.2, -0.15) is 4.37 Å². The van der Waals surface area contributed by atoms with Gasteiger partial charge in [0, 0.05) is 18.0 Å². The number of aromatic nitrogens is 3. The van der Waals surface area contributed by atoms with Crippen LogP contribution in [-0.4, -0.2) is 19.4 Å². The quantitative estimate of drug-likeness (QED) is 0.808. The van der Waals surface area contributed by atoms with Gasteiger partial charge in [0.1, 0.15) is 16.4 Å². The summed E-state index contributed by atoms with van der Waals surface area (Å²) in [7, 11) is 0. The summed E-state index contributed by atoms with van der Waals surface area (Å²) in [6.07, 6.45) is 3.22. The maximum absolute atomic E-state index is 12.9. The summed E-state index contributed by atoms with van der Waals surface area (Å²) in [5.41, 5.74) is 0.143. The molecule has 0 bridgehead atoms. The lowest BCUT2D eigenvalue weighted by atomic mass is 9.96. The standard InChI is InChI=1S/C15H12FN3OS/c1-15(20,11-6-8-17-9-7-11)14-18-13(21-19-14)10-2-4-12(16)5-3-10/h2-9,20H,1H3. The van der Waals surface area contributed by atoms with Crippen molar-refractivity contribution in [2.75, 3.05) is 0 Å². The van der Waals surface area contributed by atoms with Crippen molar-refractivity contribution in [3.05, 3.63) is 66.0 Å². The third-order valence-electron chi connectivity index (χ3n) is 3.20. The second kappa shape index (κ2) is 5.31. The maximum Gasteiger partial charge on any atom is 0.178 e. The molecule has 0 saturated carbocycles. The van der Waals surface area contributed by atoms with Crippen molar-refractivity contribution < 1.29 is 9.50 Å². The molecule has 3 aromatic rings. The zero-order valence-corrected chi connectivity index (χ0v) is 12.0. The molecule has 0 amide bonds. The highest BCUT2D eigenvalue weighted by molar-refractivity contribution is 7.09. The predicted molar refractivity (Wildman–Crippen MR) is 78.2 cm³/mol. The molecule has 0 radical (unpaired) electrons. The Balaban J connectivity index is 1.96. The number of nitrogens with zero attached hydrogens (tertiary/aromatic N) is 3. The topological polar surface area (TPSA) is 58.9 Å². The summed E-state index contributed by atoms with van der Waals surface area (Å²) in [5.74, 6) is 0.0188. The Morgan fingerprint density at radius 2 is 1.76 bits per heavy atom. The fraction of sp³-hybridized carbons (Fsp3) is 0.133. The van der Waals surface area contributed by atoms with E-state index in [-0.39, 0.29) is 5.82 Å². The van der Waals surface area contributed by atoms with Crippen LogP contribution in [0.25, 0.3) is 10.6 Å². The zero-order chi connectivity index (χ0) is 14.9. The van der Waals surface area contributed by atoms with Crippen molar-refractivity contribution in [1.29, 1.82) is 0 Å². The number of halogens is 1. The van der Waals surface area contributed by atoms with Gasteiger partial charge in [-0.05, 0) is 60.4 Å². The molecule has 0 fully saturated rings. The van der Waals surface area contributed by atoms with Gasteiger partial charge in [0.2, 0.25) is 0 Å². The van der Waals surface area contributed by atoms with Crippen LogP contribution in [0, 0.1) is 5.82 Å². The number of hydrogen-bond acceptors (Lipinski definition) is 5. The van der Waals surface area contributed by atoms with Crippen molar-refractivity contribution in [3.63, 3.8) is 0 Å². The predicted octanol–water partition coefficient (Wildman–Crippen LogP) is 3.00. The van der Waals surface area contributed by atoms with Gasteiger partial charge >= 0.3 is 0 Å². The van der Waals surface area contributed by atoms with Crippen LogP contribution in [0.15, 0.2) is 48.8 Å². The van der Waals surface area contributed by atoms with E-state index in [1.54, 1.807) is 43.6 Å². The molecule has 6 heteroatoms. The molecule has 0 aliphatic carbocycles. The first-order valence-electron chi connectivity index (χ1n) is 6.30. The van der Waals surface area contributed by atoms with Crippen LogP contribution in [-0.2, 0) is 5.60 Å². The van der Waals surface area contributed by atoms with E-state index in [9.17, 15) is 9.50 Å². The Kier molecular flexibility index (Phi) is 3.48. The number of hydrogen-bond donors (Lipinski definition) is 1. The molecule has 0 saturated heterocycles. The lowest BCUT2D eigenvalue weighted by molar-refractivity contribution is 0.0936. The van der Waals surface area contributed by atoms with E-state index in [4.69, 9.17) is 0 Å². The van der Waals surface area contributed by atoms with E-state index < -0.39 is 5.60 Å². The van der Waals surface area contributed by atoms with E-state index in [1.165, 1.54) is 23.7 Å². The smallest absolute Gasteiger partial charge is 0.178 e. The molecule has 3 rings (SSSR count). The summed E-state index contributed by atoms with van der Waals surface area (Å²) < 4.78 is 17.2. The first-order chi connectivity index (χ1) is 10.1. The van der Waals surface area contributed by atoms with Crippen LogP contribution in [0.1, 0.15) is 18.3 Å². The lowest BCUT2D eigenvalue weighted by Gasteiger charge is -2.19. The van der Waals surface area contributed by atoms with Crippen molar-refractivity contribution in [3.8, 4) is 10.6 Å². The number of aliphatic hydroxyl groups is 1. The van der Waals surface area contributed by atoms with Gasteiger partial charge in [0.15, 0.2) is 5.82 Å². The maximum atomic E-state index is 12.9. The molecule has 1 aromatic carbocycles. The van der Waals surface area contributed by atoms with Gasteiger partial charge in [-0.15, -0.1) is 0 Å². The highest BCUT2D eigenvalue weighted by atomic mass is 32.1. The summed E-state index contributed by atoms with van der Waals surface area (Å²) in [6, 6.07) is 9.47. The molecule has 2 aromatic heterocycles. The molecular weight excluding hydrogens is 289 g/mol. The molecule has 21 heavy (non-hydrogen) atoms. The number of pyridine rings is 1. The van der Waals surface area contributed by atoms with Gasteiger partial charge in [-0.3, -0.25) is 4.98 Å². The molecule has 1 N–H and O–H groups in total. The van der Waals surface area contributed by atoms with Gasteiger partial charge < -0.3 is 5.11 Å². The van der Waals surface area contributed by atoms with Crippen LogP contribution in [0.4, 0.5) is 4.39 Å². The molecule has 0 aliphatic heterocycles. The zero-order valence-electron chi connectivity index (χ0n) is 11.2. The largest absolute Gasteiger partial charge is 0.377 e. The number of rotatable bonds is 3. The molecule has 0 aliphatic rings. The molecule has 1 unspecified atom stereocenters. The van der Waals surface area contributed by atoms with E-state index in [0.29, 0.717) is 16.4 Å². The molecule has 1 atom stereocenters. The van der Waals surface area contributed by atoms with Crippen molar-refractivity contribution in [2.24, 2.45) is 0 Å². The van der Waals surface area contributed by atoms with Crippen molar-refractivity contribution >= 4 is 11.5 Å². The fourth-order valence-electron chi connectivity index (χ4n) is 1.94. The van der Waals surface area contributed by atoms with Crippen LogP contribution in [0.3, 0.4) is 0 Å². The summed E-state index contributed by atoms with van der Waals surface area (Å²) in [5, 5.41) is 11.3. The highest BCUT2D eigenvalue weighted by Gasteiger charge is 2.30. The van der Waals surface area contributed by atoms with E-state index in [1.807, 2.05) is 0 Å². The summed E-state index contributed by atoms with van der Waals surface area (Å²) in [4.78, 5) is 8.30. The summed E-state index contributed by atoms with van der Waals surface area (Å²) in [6.45, 7) is 1.64. The highest BCUT2D eigenvalue weighted by Crippen LogP contribution is 2.30. The number of benzene rings is 1. The second-order valence-corrected chi connectivity index (χ2v) is 5.49. The van der Waals surface area contributed by atoms with Gasteiger partial charge in [0.25, 0.3) is 0 Å². The minimum Gasteiger partial charge on any atom is -0.377 e. The molecular formula is C15H12FN3OS. The third kappa shape index (κ3) is 2.68. The van der Waals surface area contributed by atoms with E-state index >= 15 is 0 Å². The monoisotopic (exact) mass is 301 g/mol. The Morgan fingerprint density at radius 1 is 1.10 bits per heavy atom. The first kappa shape index (κ1) is 13.8. The Bertz CT molecular complexity index is 741. The first-order valence-corrected chi connectivity index (χ1v) is 7.08. The molecule has 106 valence electrons. The van der Waals surface area contributed by atoms with Gasteiger partial charge in [0.05, 0.1) is 0 Å². The van der Waals surface area contributed by atoms with Crippen LogP contribution in [0.2, 0.25) is 0 Å². The Morgan fingerprint density at radius 3 is 2.43 bits per heavy atom. The van der Waals surface area contributed by atoms with E-state index in [2.05, 4.69) is 14.3 Å². The Hall–Kier alpha value is -2.18.